The van der Waals surface area contributed by atoms with Gasteiger partial charge < -0.3 is 5.32 Å². The first-order valence-electron chi connectivity index (χ1n) is 9.53. The van der Waals surface area contributed by atoms with Crippen LogP contribution in [0.3, 0.4) is 0 Å². The first-order chi connectivity index (χ1) is 14.1. The lowest BCUT2D eigenvalue weighted by atomic mass is 9.99. The Morgan fingerprint density at radius 2 is 1.55 bits per heavy atom. The van der Waals surface area contributed by atoms with Gasteiger partial charge >= 0.3 is 5.91 Å². The van der Waals surface area contributed by atoms with Crippen molar-refractivity contribution in [1.82, 2.24) is 10.7 Å². The van der Waals surface area contributed by atoms with Gasteiger partial charge in [0, 0.05) is 16.7 Å². The maximum atomic E-state index is 12.8. The van der Waals surface area contributed by atoms with Gasteiger partial charge in [-0.3, -0.25) is 9.59 Å². The summed E-state index contributed by atoms with van der Waals surface area (Å²) in [6.45, 7) is 1.97. The number of hydrogen-bond acceptors (Lipinski definition) is 2. The zero-order valence-corrected chi connectivity index (χ0v) is 16.1. The Bertz CT molecular complexity index is 1040. The predicted octanol–water partition coefficient (Wildman–Crippen LogP) is 3.01. The lowest BCUT2D eigenvalue weighted by Gasteiger charge is -2.14. The van der Waals surface area contributed by atoms with E-state index < -0.39 is 6.04 Å². The number of hydrogen-bond donors (Lipinski definition) is 2. The normalized spacial score (nSPS) is 19.8. The second kappa shape index (κ2) is 8.10. The number of carbonyl (C=O) groups is 2. The van der Waals surface area contributed by atoms with E-state index in [2.05, 4.69) is 10.7 Å². The smallest absolute Gasteiger partial charge is 0.304 e. The Balaban J connectivity index is 1.68. The number of aryl methyl sites for hydroxylation is 1. The standard InChI is InChI=1S/C24H21N3O2/c1-17-12-14-20(15-13-17)23(28)25-21-22(19-10-6-3-7-11-19)27(26-24(21)29)16-18-8-4-2-5-9-18/h2-16,21-22H,1H3,(H-,25,26,28,29)/p+1/b27-16-/t21-,22-/m1/s1. The molecule has 4 rings (SSSR count). The highest BCUT2D eigenvalue weighted by molar-refractivity contribution is 5.98. The first kappa shape index (κ1) is 18.6. The second-order valence-corrected chi connectivity index (χ2v) is 7.10. The van der Waals surface area contributed by atoms with Crippen molar-refractivity contribution in [2.45, 2.75) is 19.0 Å². The van der Waals surface area contributed by atoms with Gasteiger partial charge in [-0.15, -0.1) is 10.1 Å². The first-order valence-corrected chi connectivity index (χ1v) is 9.53. The van der Waals surface area contributed by atoms with E-state index >= 15 is 0 Å². The molecule has 1 aliphatic rings. The molecule has 29 heavy (non-hydrogen) atoms. The van der Waals surface area contributed by atoms with Crippen LogP contribution in [0.15, 0.2) is 84.9 Å². The van der Waals surface area contributed by atoms with Gasteiger partial charge in [-0.25, -0.2) is 0 Å². The van der Waals surface area contributed by atoms with Crippen molar-refractivity contribution >= 4 is 18.0 Å². The quantitative estimate of drug-likeness (QED) is 0.680. The van der Waals surface area contributed by atoms with Crippen LogP contribution < -0.4 is 10.7 Å². The van der Waals surface area contributed by atoms with Crippen LogP contribution >= 0.6 is 0 Å². The number of amides is 2. The van der Waals surface area contributed by atoms with Crippen LogP contribution in [-0.4, -0.2) is 28.8 Å². The predicted molar refractivity (Wildman–Crippen MR) is 112 cm³/mol. The summed E-state index contributed by atoms with van der Waals surface area (Å²) in [5, 5.41) is 2.92. The lowest BCUT2D eigenvalue weighted by Crippen LogP contribution is -2.42. The number of carbonyl (C=O) groups excluding carboxylic acids is 2. The molecule has 144 valence electrons. The molecule has 2 N–H and O–H groups in total. The minimum Gasteiger partial charge on any atom is -0.334 e. The summed E-state index contributed by atoms with van der Waals surface area (Å²) in [4.78, 5) is 25.6. The largest absolute Gasteiger partial charge is 0.334 e. The van der Waals surface area contributed by atoms with Gasteiger partial charge in [0.05, 0.1) is 0 Å². The van der Waals surface area contributed by atoms with E-state index in [0.717, 1.165) is 16.7 Å². The molecule has 1 fully saturated rings. The summed E-state index contributed by atoms with van der Waals surface area (Å²) < 4.78 is 1.77. The molecule has 0 aliphatic carbocycles. The molecule has 3 aromatic rings. The Labute approximate surface area is 169 Å². The van der Waals surface area contributed by atoms with Crippen molar-refractivity contribution in [2.75, 3.05) is 0 Å². The molecule has 0 radical (unpaired) electrons. The Morgan fingerprint density at radius 1 is 0.931 bits per heavy atom. The van der Waals surface area contributed by atoms with Crippen molar-refractivity contribution in [2.24, 2.45) is 0 Å². The molecule has 0 saturated carbocycles. The summed E-state index contributed by atoms with van der Waals surface area (Å²) in [6.07, 6.45) is 1.88. The molecule has 0 unspecified atom stereocenters. The minimum absolute atomic E-state index is 0.244. The molecular weight excluding hydrogens is 362 g/mol. The highest BCUT2D eigenvalue weighted by Gasteiger charge is 2.47. The number of hydrazine groups is 1. The number of hydrazone groups is 1. The minimum atomic E-state index is -0.717. The Hall–Kier alpha value is -3.73. The number of benzene rings is 3. The second-order valence-electron chi connectivity index (χ2n) is 7.10. The molecule has 2 atom stereocenters. The zero-order chi connectivity index (χ0) is 20.2. The summed E-state index contributed by atoms with van der Waals surface area (Å²) in [6, 6.07) is 25.7. The van der Waals surface area contributed by atoms with E-state index in [1.165, 1.54) is 0 Å². The van der Waals surface area contributed by atoms with Crippen LogP contribution in [0, 0.1) is 6.92 Å². The number of nitrogens with zero attached hydrogens (tertiary/aromatic N) is 1. The molecule has 3 aromatic carbocycles. The third-order valence-electron chi connectivity index (χ3n) is 4.97. The fourth-order valence-corrected chi connectivity index (χ4v) is 3.46. The molecule has 1 heterocycles. The fraction of sp³-hybridized carbons (Fsp3) is 0.125. The van der Waals surface area contributed by atoms with Crippen molar-refractivity contribution in [3.8, 4) is 0 Å². The SMILES string of the molecule is Cc1ccc(C(=O)N[C@H]2C(=O)N/[N+](=C\c3ccccc3)[C@@H]2c2ccccc2)cc1. The van der Waals surface area contributed by atoms with E-state index in [9.17, 15) is 9.59 Å². The molecule has 5 heteroatoms. The highest BCUT2D eigenvalue weighted by Crippen LogP contribution is 2.25. The topological polar surface area (TPSA) is 61.2 Å². The van der Waals surface area contributed by atoms with Gasteiger partial charge in [-0.2, -0.15) is 0 Å². The lowest BCUT2D eigenvalue weighted by molar-refractivity contribution is -0.596. The van der Waals surface area contributed by atoms with E-state index in [1.807, 2.05) is 85.9 Å². The van der Waals surface area contributed by atoms with E-state index in [4.69, 9.17) is 0 Å². The zero-order valence-electron chi connectivity index (χ0n) is 16.1. The average molecular weight is 384 g/mol. The van der Waals surface area contributed by atoms with Crippen LogP contribution in [0.5, 0.6) is 0 Å². The monoisotopic (exact) mass is 384 g/mol. The molecule has 1 saturated heterocycles. The van der Waals surface area contributed by atoms with Crippen LogP contribution in [-0.2, 0) is 4.79 Å². The van der Waals surface area contributed by atoms with Crippen LogP contribution in [0.1, 0.15) is 33.1 Å². The average Bonchev–Trinajstić information content (AvgIpc) is 3.04. The molecule has 1 aliphatic heterocycles. The molecule has 5 nitrogen and oxygen atoms in total. The van der Waals surface area contributed by atoms with Crippen molar-refractivity contribution in [3.05, 3.63) is 107 Å². The van der Waals surface area contributed by atoms with E-state index in [-0.39, 0.29) is 17.9 Å². The van der Waals surface area contributed by atoms with Gasteiger partial charge in [-0.05, 0) is 31.2 Å². The van der Waals surface area contributed by atoms with E-state index in [1.54, 1.807) is 16.8 Å². The fourth-order valence-electron chi connectivity index (χ4n) is 3.46. The summed E-state index contributed by atoms with van der Waals surface area (Å²) in [5.41, 5.74) is 6.39. The van der Waals surface area contributed by atoms with Gasteiger partial charge in [-0.1, -0.05) is 66.2 Å². The van der Waals surface area contributed by atoms with Crippen LogP contribution in [0.25, 0.3) is 0 Å². The highest BCUT2D eigenvalue weighted by atomic mass is 16.2. The summed E-state index contributed by atoms with van der Waals surface area (Å²) in [5.74, 6) is -0.515. The maximum Gasteiger partial charge on any atom is 0.304 e. The number of rotatable bonds is 4. The van der Waals surface area contributed by atoms with Gasteiger partial charge in [0.25, 0.3) is 5.91 Å². The molecule has 0 aromatic heterocycles. The third-order valence-corrected chi connectivity index (χ3v) is 4.97. The van der Waals surface area contributed by atoms with Gasteiger partial charge in [0.15, 0.2) is 6.04 Å². The Kier molecular flexibility index (Phi) is 5.20. The summed E-state index contributed by atoms with van der Waals surface area (Å²) >= 11 is 0. The van der Waals surface area contributed by atoms with E-state index in [0.29, 0.717) is 5.56 Å². The van der Waals surface area contributed by atoms with Crippen molar-refractivity contribution in [3.63, 3.8) is 0 Å². The van der Waals surface area contributed by atoms with Crippen molar-refractivity contribution in [1.29, 1.82) is 0 Å². The number of nitrogens with one attached hydrogen (secondary N) is 2. The van der Waals surface area contributed by atoms with Crippen LogP contribution in [0.2, 0.25) is 0 Å². The van der Waals surface area contributed by atoms with Gasteiger partial charge in [0.2, 0.25) is 12.3 Å². The van der Waals surface area contributed by atoms with Crippen LogP contribution in [0.4, 0.5) is 0 Å². The molecular formula is C24H22N3O2+. The molecule has 0 bridgehead atoms. The molecule has 0 spiro atoms. The maximum absolute atomic E-state index is 12.8. The molecule has 2 amide bonds. The van der Waals surface area contributed by atoms with Gasteiger partial charge in [0.1, 0.15) is 0 Å². The third kappa shape index (κ3) is 4.09. The Morgan fingerprint density at radius 3 is 2.21 bits per heavy atom. The summed E-state index contributed by atoms with van der Waals surface area (Å²) in [7, 11) is 0. The van der Waals surface area contributed by atoms with Crippen molar-refractivity contribution < 1.29 is 14.3 Å².